The van der Waals surface area contributed by atoms with Gasteiger partial charge in [-0.15, -0.1) is 0 Å². The van der Waals surface area contributed by atoms with Crippen LogP contribution in [0.1, 0.15) is 12.5 Å². The highest BCUT2D eigenvalue weighted by molar-refractivity contribution is 5.80. The van der Waals surface area contributed by atoms with E-state index in [1.54, 1.807) is 0 Å². The number of ether oxygens (including phenoxy) is 1. The zero-order valence-corrected chi connectivity index (χ0v) is 12.8. The Bertz CT molecular complexity index is 567. The topological polar surface area (TPSA) is 50.4 Å². The third kappa shape index (κ3) is 5.48. The van der Waals surface area contributed by atoms with E-state index in [1.165, 1.54) is 5.56 Å². The molecule has 0 aliphatic carbocycles. The van der Waals surface area contributed by atoms with Crippen molar-refractivity contribution in [2.24, 2.45) is 0 Å². The molecule has 1 amide bonds. The van der Waals surface area contributed by atoms with Gasteiger partial charge in [0.25, 0.3) is 0 Å². The molecule has 0 atom stereocenters. The minimum Gasteiger partial charge on any atom is -0.494 e. The van der Waals surface area contributed by atoms with E-state index in [9.17, 15) is 4.79 Å². The molecule has 0 spiro atoms. The van der Waals surface area contributed by atoms with Crippen molar-refractivity contribution >= 4 is 11.6 Å². The van der Waals surface area contributed by atoms with E-state index in [0.717, 1.165) is 17.9 Å². The van der Waals surface area contributed by atoms with Crippen LogP contribution in [0.5, 0.6) is 5.75 Å². The number of hydrogen-bond acceptors (Lipinski definition) is 3. The Morgan fingerprint density at radius 3 is 2.45 bits per heavy atom. The number of rotatable bonds is 8. The Kier molecular flexibility index (Phi) is 6.30. The SMILES string of the molecule is CCOc1ccc(NCC(=O)NCCc2ccccc2)cc1. The second-order valence-electron chi connectivity index (χ2n) is 4.90. The van der Waals surface area contributed by atoms with Gasteiger partial charge in [0.1, 0.15) is 5.75 Å². The van der Waals surface area contributed by atoms with Gasteiger partial charge in [-0.2, -0.15) is 0 Å². The van der Waals surface area contributed by atoms with Crippen molar-refractivity contribution in [3.05, 3.63) is 60.2 Å². The zero-order valence-electron chi connectivity index (χ0n) is 12.8. The van der Waals surface area contributed by atoms with Gasteiger partial charge >= 0.3 is 0 Å². The summed E-state index contributed by atoms with van der Waals surface area (Å²) in [6.07, 6.45) is 0.843. The minimum atomic E-state index is -0.00943. The summed E-state index contributed by atoms with van der Waals surface area (Å²) in [6.45, 7) is 3.51. The maximum atomic E-state index is 11.8. The molecule has 2 aromatic rings. The summed E-state index contributed by atoms with van der Waals surface area (Å²) in [6, 6.07) is 17.7. The number of carbonyl (C=O) groups excluding carboxylic acids is 1. The van der Waals surface area contributed by atoms with E-state index in [1.807, 2.05) is 49.4 Å². The first-order chi connectivity index (χ1) is 10.8. The summed E-state index contributed by atoms with van der Waals surface area (Å²) in [5.41, 5.74) is 2.13. The maximum Gasteiger partial charge on any atom is 0.239 e. The molecule has 4 nitrogen and oxygen atoms in total. The smallest absolute Gasteiger partial charge is 0.239 e. The third-order valence-electron chi connectivity index (χ3n) is 3.20. The molecule has 0 heterocycles. The molecule has 0 radical (unpaired) electrons. The van der Waals surface area contributed by atoms with Crippen molar-refractivity contribution in [3.63, 3.8) is 0 Å². The summed E-state index contributed by atoms with van der Waals surface area (Å²) in [5.74, 6) is 0.824. The zero-order chi connectivity index (χ0) is 15.6. The molecule has 116 valence electrons. The van der Waals surface area contributed by atoms with E-state index < -0.39 is 0 Å². The number of nitrogens with one attached hydrogen (secondary N) is 2. The van der Waals surface area contributed by atoms with Crippen molar-refractivity contribution in [1.82, 2.24) is 5.32 Å². The number of amides is 1. The molecule has 0 aliphatic rings. The molecule has 2 N–H and O–H groups in total. The lowest BCUT2D eigenvalue weighted by atomic mass is 10.1. The second kappa shape index (κ2) is 8.72. The average Bonchev–Trinajstić information content (AvgIpc) is 2.55. The van der Waals surface area contributed by atoms with Crippen molar-refractivity contribution < 1.29 is 9.53 Å². The first-order valence-corrected chi connectivity index (χ1v) is 7.55. The van der Waals surface area contributed by atoms with E-state index in [-0.39, 0.29) is 12.5 Å². The molecule has 4 heteroatoms. The Morgan fingerprint density at radius 2 is 1.77 bits per heavy atom. The standard InChI is InChI=1S/C18H22N2O2/c1-2-22-17-10-8-16(9-11-17)20-14-18(21)19-13-12-15-6-4-3-5-7-15/h3-11,20H,2,12-14H2,1H3,(H,19,21). The van der Waals surface area contributed by atoms with Crippen LogP contribution in [0.25, 0.3) is 0 Å². The van der Waals surface area contributed by atoms with Gasteiger partial charge in [0, 0.05) is 12.2 Å². The first kappa shape index (κ1) is 15.9. The fraction of sp³-hybridized carbons (Fsp3) is 0.278. The summed E-state index contributed by atoms with van der Waals surface area (Å²) >= 11 is 0. The molecule has 0 bridgehead atoms. The first-order valence-electron chi connectivity index (χ1n) is 7.55. The third-order valence-corrected chi connectivity index (χ3v) is 3.20. The molecule has 0 aliphatic heterocycles. The van der Waals surface area contributed by atoms with Crippen LogP contribution in [-0.2, 0) is 11.2 Å². The Balaban J connectivity index is 1.67. The number of carbonyl (C=O) groups is 1. The monoisotopic (exact) mass is 298 g/mol. The van der Waals surface area contributed by atoms with Gasteiger partial charge < -0.3 is 15.4 Å². The molecule has 0 saturated carbocycles. The van der Waals surface area contributed by atoms with Crippen LogP contribution in [0.15, 0.2) is 54.6 Å². The molecule has 2 aromatic carbocycles. The van der Waals surface area contributed by atoms with Crippen molar-refractivity contribution in [2.75, 3.05) is 25.0 Å². The van der Waals surface area contributed by atoms with Gasteiger partial charge in [0.05, 0.1) is 13.2 Å². The Morgan fingerprint density at radius 1 is 1.05 bits per heavy atom. The van der Waals surface area contributed by atoms with E-state index in [4.69, 9.17) is 4.74 Å². The van der Waals surface area contributed by atoms with Crippen LogP contribution in [0, 0.1) is 0 Å². The van der Waals surface area contributed by atoms with Crippen LogP contribution in [0.2, 0.25) is 0 Å². The van der Waals surface area contributed by atoms with Gasteiger partial charge in [-0.25, -0.2) is 0 Å². The Labute approximate surface area is 131 Å². The molecular weight excluding hydrogens is 276 g/mol. The second-order valence-corrected chi connectivity index (χ2v) is 4.90. The molecule has 0 unspecified atom stereocenters. The Hall–Kier alpha value is -2.49. The predicted octanol–water partition coefficient (Wildman–Crippen LogP) is 2.86. The van der Waals surface area contributed by atoms with Gasteiger partial charge in [0.2, 0.25) is 5.91 Å². The van der Waals surface area contributed by atoms with Gasteiger partial charge in [-0.05, 0) is 43.2 Å². The summed E-state index contributed by atoms with van der Waals surface area (Å²) in [4.78, 5) is 11.8. The van der Waals surface area contributed by atoms with Crippen LogP contribution in [0.4, 0.5) is 5.69 Å². The van der Waals surface area contributed by atoms with Crippen LogP contribution >= 0.6 is 0 Å². The molecule has 22 heavy (non-hydrogen) atoms. The van der Waals surface area contributed by atoms with E-state index in [0.29, 0.717) is 13.2 Å². The summed E-state index contributed by atoms with van der Waals surface area (Å²) in [7, 11) is 0. The van der Waals surface area contributed by atoms with Crippen molar-refractivity contribution in [3.8, 4) is 5.75 Å². The number of anilines is 1. The number of hydrogen-bond donors (Lipinski definition) is 2. The van der Waals surface area contributed by atoms with Crippen LogP contribution in [0.3, 0.4) is 0 Å². The molecule has 2 rings (SSSR count). The highest BCUT2D eigenvalue weighted by Gasteiger charge is 2.01. The summed E-state index contributed by atoms with van der Waals surface area (Å²) < 4.78 is 5.37. The predicted molar refractivity (Wildman–Crippen MR) is 89.3 cm³/mol. The largest absolute Gasteiger partial charge is 0.494 e. The normalized spacial score (nSPS) is 10.0. The van der Waals surface area contributed by atoms with Gasteiger partial charge in [0.15, 0.2) is 0 Å². The minimum absolute atomic E-state index is 0.00943. The van der Waals surface area contributed by atoms with Crippen LogP contribution < -0.4 is 15.4 Å². The fourth-order valence-electron chi connectivity index (χ4n) is 2.07. The van der Waals surface area contributed by atoms with E-state index >= 15 is 0 Å². The number of benzene rings is 2. The fourth-order valence-corrected chi connectivity index (χ4v) is 2.07. The van der Waals surface area contributed by atoms with Gasteiger partial charge in [-0.1, -0.05) is 30.3 Å². The van der Waals surface area contributed by atoms with Crippen LogP contribution in [-0.4, -0.2) is 25.6 Å². The molecule has 0 saturated heterocycles. The summed E-state index contributed by atoms with van der Waals surface area (Å²) in [5, 5.41) is 6.00. The quantitative estimate of drug-likeness (QED) is 0.788. The highest BCUT2D eigenvalue weighted by Crippen LogP contribution is 2.15. The maximum absolute atomic E-state index is 11.8. The lowest BCUT2D eigenvalue weighted by molar-refractivity contribution is -0.119. The lowest BCUT2D eigenvalue weighted by Gasteiger charge is -2.09. The molecular formula is C18H22N2O2. The lowest BCUT2D eigenvalue weighted by Crippen LogP contribution is -2.31. The molecule has 0 fully saturated rings. The van der Waals surface area contributed by atoms with Gasteiger partial charge in [-0.3, -0.25) is 4.79 Å². The average molecular weight is 298 g/mol. The van der Waals surface area contributed by atoms with Crippen molar-refractivity contribution in [1.29, 1.82) is 0 Å². The van der Waals surface area contributed by atoms with E-state index in [2.05, 4.69) is 22.8 Å². The molecule has 0 aromatic heterocycles. The highest BCUT2D eigenvalue weighted by atomic mass is 16.5. The van der Waals surface area contributed by atoms with Crippen molar-refractivity contribution in [2.45, 2.75) is 13.3 Å².